The van der Waals surface area contributed by atoms with E-state index in [1.54, 1.807) is 11.3 Å². The van der Waals surface area contributed by atoms with Crippen molar-refractivity contribution in [3.63, 3.8) is 0 Å². The van der Waals surface area contributed by atoms with Crippen LogP contribution in [0.25, 0.3) is 21.1 Å². The fourth-order valence-corrected chi connectivity index (χ4v) is 4.51. The Morgan fingerprint density at radius 3 is 2.69 bits per heavy atom. The Morgan fingerprint density at radius 2 is 1.81 bits per heavy atom. The van der Waals surface area contributed by atoms with Crippen LogP contribution >= 0.6 is 11.3 Å². The molecule has 0 saturated heterocycles. The van der Waals surface area contributed by atoms with E-state index in [1.807, 2.05) is 48.5 Å². The van der Waals surface area contributed by atoms with Crippen LogP contribution in [0.4, 0.5) is 0 Å². The van der Waals surface area contributed by atoms with Gasteiger partial charge in [0.05, 0.1) is 21.3 Å². The summed E-state index contributed by atoms with van der Waals surface area (Å²) >= 11 is 1.56. The standard InChI is InChI=1S/C21H16N2O2S/c24-21(25-12-19-23-17-9-3-4-11-18(17)26-19)20-13-6-1-2-8-15(13)22-16-10-5-7-14(16)20/h1-4,6,8-9,11H,5,7,10,12H2. The van der Waals surface area contributed by atoms with E-state index in [0.29, 0.717) is 5.56 Å². The maximum absolute atomic E-state index is 12.9. The van der Waals surface area contributed by atoms with E-state index in [1.165, 1.54) is 0 Å². The number of benzene rings is 2. The second kappa shape index (κ2) is 6.18. The predicted octanol–water partition coefficient (Wildman–Crippen LogP) is 4.69. The number of ether oxygens (including phenoxy) is 1. The molecule has 0 bridgehead atoms. The minimum atomic E-state index is -0.277. The minimum absolute atomic E-state index is 0.198. The molecule has 0 aliphatic heterocycles. The molecule has 1 aliphatic rings. The number of fused-ring (bicyclic) bond motifs is 3. The van der Waals surface area contributed by atoms with Gasteiger partial charge < -0.3 is 4.74 Å². The molecule has 0 fully saturated rings. The van der Waals surface area contributed by atoms with E-state index in [2.05, 4.69) is 4.98 Å². The SMILES string of the molecule is O=C(OCc1nc2ccccc2s1)c1c2c(nc3ccccc13)CCC2. The summed E-state index contributed by atoms with van der Waals surface area (Å²) in [6.45, 7) is 0.198. The zero-order valence-electron chi connectivity index (χ0n) is 14.1. The number of hydrogen-bond donors (Lipinski definition) is 0. The van der Waals surface area contributed by atoms with Crippen LogP contribution in [-0.2, 0) is 24.2 Å². The molecule has 0 N–H and O–H groups in total. The molecule has 0 saturated carbocycles. The molecule has 0 amide bonds. The molecule has 2 heterocycles. The van der Waals surface area contributed by atoms with Crippen molar-refractivity contribution in [3.8, 4) is 0 Å². The molecule has 0 spiro atoms. The van der Waals surface area contributed by atoms with Crippen molar-refractivity contribution >= 4 is 38.4 Å². The summed E-state index contributed by atoms with van der Waals surface area (Å²) in [5, 5.41) is 1.69. The second-order valence-corrected chi connectivity index (χ2v) is 7.55. The zero-order chi connectivity index (χ0) is 17.5. The number of pyridine rings is 1. The topological polar surface area (TPSA) is 52.1 Å². The summed E-state index contributed by atoms with van der Waals surface area (Å²) in [6, 6.07) is 15.8. The summed E-state index contributed by atoms with van der Waals surface area (Å²) in [5.41, 5.74) is 4.58. The van der Waals surface area contributed by atoms with Crippen LogP contribution in [0.15, 0.2) is 48.5 Å². The number of esters is 1. The van der Waals surface area contributed by atoms with Gasteiger partial charge in [-0.05, 0) is 43.0 Å². The van der Waals surface area contributed by atoms with Crippen molar-refractivity contribution in [2.24, 2.45) is 0 Å². The average Bonchev–Trinajstić information content (AvgIpc) is 3.30. The van der Waals surface area contributed by atoms with Crippen LogP contribution in [0.2, 0.25) is 0 Å². The first-order chi connectivity index (χ1) is 12.8. The van der Waals surface area contributed by atoms with Crippen LogP contribution in [-0.4, -0.2) is 15.9 Å². The number of aryl methyl sites for hydroxylation is 1. The van der Waals surface area contributed by atoms with Gasteiger partial charge in [-0.1, -0.05) is 30.3 Å². The first-order valence-corrected chi connectivity index (χ1v) is 9.53. The fourth-order valence-electron chi connectivity index (χ4n) is 3.63. The first kappa shape index (κ1) is 15.5. The third-order valence-corrected chi connectivity index (χ3v) is 5.80. The van der Waals surface area contributed by atoms with Crippen LogP contribution < -0.4 is 0 Å². The van der Waals surface area contributed by atoms with Gasteiger partial charge in [-0.25, -0.2) is 9.78 Å². The van der Waals surface area contributed by atoms with Crippen molar-refractivity contribution in [1.82, 2.24) is 9.97 Å². The summed E-state index contributed by atoms with van der Waals surface area (Å²) in [6.07, 6.45) is 2.86. The van der Waals surface area contributed by atoms with E-state index >= 15 is 0 Å². The third-order valence-electron chi connectivity index (χ3n) is 4.79. The van der Waals surface area contributed by atoms with Crippen molar-refractivity contribution < 1.29 is 9.53 Å². The molecular weight excluding hydrogens is 344 g/mol. The molecule has 1 aliphatic carbocycles. The molecule has 5 rings (SSSR count). The van der Waals surface area contributed by atoms with Gasteiger partial charge in [-0.2, -0.15) is 0 Å². The number of nitrogens with zero attached hydrogens (tertiary/aromatic N) is 2. The molecule has 4 aromatic rings. The zero-order valence-corrected chi connectivity index (χ0v) is 14.9. The normalized spacial score (nSPS) is 13.2. The molecular formula is C21H16N2O2S. The smallest absolute Gasteiger partial charge is 0.339 e. The lowest BCUT2D eigenvalue weighted by Gasteiger charge is -2.11. The summed E-state index contributed by atoms with van der Waals surface area (Å²) in [4.78, 5) is 22.2. The molecule has 4 nitrogen and oxygen atoms in total. The molecule has 5 heteroatoms. The molecule has 0 radical (unpaired) electrons. The average molecular weight is 360 g/mol. The van der Waals surface area contributed by atoms with Gasteiger partial charge in [-0.3, -0.25) is 4.98 Å². The molecule has 2 aromatic heterocycles. The van der Waals surface area contributed by atoms with Crippen LogP contribution in [0.5, 0.6) is 0 Å². The monoisotopic (exact) mass is 360 g/mol. The number of carbonyl (C=O) groups excluding carboxylic acids is 1. The van der Waals surface area contributed by atoms with E-state index in [4.69, 9.17) is 9.72 Å². The quantitative estimate of drug-likeness (QED) is 0.497. The van der Waals surface area contributed by atoms with Gasteiger partial charge in [0, 0.05) is 11.1 Å². The maximum atomic E-state index is 12.9. The highest BCUT2D eigenvalue weighted by atomic mass is 32.1. The minimum Gasteiger partial charge on any atom is -0.455 e. The summed E-state index contributed by atoms with van der Waals surface area (Å²) in [7, 11) is 0. The van der Waals surface area contributed by atoms with E-state index < -0.39 is 0 Å². The highest BCUT2D eigenvalue weighted by molar-refractivity contribution is 7.18. The van der Waals surface area contributed by atoms with Crippen molar-refractivity contribution in [2.45, 2.75) is 25.9 Å². The van der Waals surface area contributed by atoms with Crippen molar-refractivity contribution in [3.05, 3.63) is 70.4 Å². The van der Waals surface area contributed by atoms with E-state index in [0.717, 1.165) is 56.6 Å². The molecule has 2 aromatic carbocycles. The number of rotatable bonds is 3. The van der Waals surface area contributed by atoms with E-state index in [-0.39, 0.29) is 12.6 Å². The van der Waals surface area contributed by atoms with Gasteiger partial charge in [0.15, 0.2) is 0 Å². The molecule has 128 valence electrons. The molecule has 26 heavy (non-hydrogen) atoms. The second-order valence-electron chi connectivity index (χ2n) is 6.43. The lowest BCUT2D eigenvalue weighted by Crippen LogP contribution is -2.10. The van der Waals surface area contributed by atoms with Crippen molar-refractivity contribution in [1.29, 1.82) is 0 Å². The summed E-state index contributed by atoms with van der Waals surface area (Å²) < 4.78 is 6.76. The Morgan fingerprint density at radius 1 is 1.00 bits per heavy atom. The van der Waals surface area contributed by atoms with E-state index in [9.17, 15) is 4.79 Å². The highest BCUT2D eigenvalue weighted by Crippen LogP contribution is 2.31. The number of hydrogen-bond acceptors (Lipinski definition) is 5. The van der Waals surface area contributed by atoms with Gasteiger partial charge in [-0.15, -0.1) is 11.3 Å². The summed E-state index contributed by atoms with van der Waals surface area (Å²) in [5.74, 6) is -0.277. The predicted molar refractivity (Wildman–Crippen MR) is 103 cm³/mol. The largest absolute Gasteiger partial charge is 0.455 e. The Kier molecular flexibility index (Phi) is 3.68. The Labute approximate surface area is 154 Å². The fraction of sp³-hybridized carbons (Fsp3) is 0.190. The lowest BCUT2D eigenvalue weighted by atomic mass is 10.0. The maximum Gasteiger partial charge on any atom is 0.339 e. The van der Waals surface area contributed by atoms with Gasteiger partial charge >= 0.3 is 5.97 Å². The number of thiazole rings is 1. The Hall–Kier alpha value is -2.79. The molecule has 0 unspecified atom stereocenters. The molecule has 0 atom stereocenters. The van der Waals surface area contributed by atoms with Crippen LogP contribution in [0, 0.1) is 0 Å². The lowest BCUT2D eigenvalue weighted by molar-refractivity contribution is 0.0473. The van der Waals surface area contributed by atoms with Crippen LogP contribution in [0.3, 0.4) is 0 Å². The Bertz CT molecular complexity index is 1120. The van der Waals surface area contributed by atoms with Crippen LogP contribution in [0.1, 0.15) is 33.0 Å². The third kappa shape index (κ3) is 2.56. The van der Waals surface area contributed by atoms with Gasteiger partial charge in [0.25, 0.3) is 0 Å². The number of aromatic nitrogens is 2. The Balaban J connectivity index is 1.48. The van der Waals surface area contributed by atoms with Gasteiger partial charge in [0.2, 0.25) is 0 Å². The number of para-hydroxylation sites is 2. The first-order valence-electron chi connectivity index (χ1n) is 8.71. The van der Waals surface area contributed by atoms with Crippen molar-refractivity contribution in [2.75, 3.05) is 0 Å². The van der Waals surface area contributed by atoms with Gasteiger partial charge in [0.1, 0.15) is 11.6 Å². The number of carbonyl (C=O) groups is 1. The highest BCUT2D eigenvalue weighted by Gasteiger charge is 2.24.